The lowest BCUT2D eigenvalue weighted by molar-refractivity contribution is -0.145. The Bertz CT molecular complexity index is 401. The van der Waals surface area contributed by atoms with Crippen LogP contribution in [-0.2, 0) is 19.4 Å². The highest BCUT2D eigenvalue weighted by molar-refractivity contribution is 7.91. The molecule has 0 aromatic carbocycles. The van der Waals surface area contributed by atoms with Crippen molar-refractivity contribution in [2.75, 3.05) is 24.7 Å². The summed E-state index contributed by atoms with van der Waals surface area (Å²) >= 11 is 0. The number of esters is 1. The van der Waals surface area contributed by atoms with E-state index in [4.69, 9.17) is 4.74 Å². The molecule has 0 amide bonds. The van der Waals surface area contributed by atoms with E-state index < -0.39 is 9.84 Å². The Morgan fingerprint density at radius 1 is 1.21 bits per heavy atom. The summed E-state index contributed by atoms with van der Waals surface area (Å²) in [7, 11) is -2.98. The van der Waals surface area contributed by atoms with Crippen LogP contribution < -0.4 is 5.32 Å². The zero-order valence-electron chi connectivity index (χ0n) is 11.3. The maximum absolute atomic E-state index is 11.7. The molecule has 0 aromatic rings. The Morgan fingerprint density at radius 2 is 1.95 bits per heavy atom. The predicted octanol–water partition coefficient (Wildman–Crippen LogP) is 0.887. The van der Waals surface area contributed by atoms with E-state index in [0.717, 1.165) is 12.8 Å². The minimum Gasteiger partial charge on any atom is -0.465 e. The zero-order valence-corrected chi connectivity index (χ0v) is 12.1. The molecule has 0 spiro atoms. The second-order valence-electron chi connectivity index (χ2n) is 5.66. The third-order valence-electron chi connectivity index (χ3n) is 3.92. The highest BCUT2D eigenvalue weighted by atomic mass is 32.2. The van der Waals surface area contributed by atoms with Crippen LogP contribution in [0.1, 0.15) is 38.5 Å². The summed E-state index contributed by atoms with van der Waals surface area (Å²) in [5, 5.41) is 3.06. The molecule has 1 saturated carbocycles. The third-order valence-corrected chi connectivity index (χ3v) is 5.66. The van der Waals surface area contributed by atoms with Crippen molar-refractivity contribution in [2.24, 2.45) is 5.92 Å². The number of ether oxygens (including phenoxy) is 1. The highest BCUT2D eigenvalue weighted by Gasteiger charge is 2.26. The number of sulfone groups is 1. The van der Waals surface area contributed by atoms with E-state index in [1.165, 1.54) is 19.3 Å². The molecule has 1 saturated heterocycles. The fraction of sp³-hybridized carbons (Fsp3) is 0.923. The molecule has 2 rings (SSSR count). The normalized spacial score (nSPS) is 27.9. The molecule has 0 bridgehead atoms. The highest BCUT2D eigenvalue weighted by Crippen LogP contribution is 2.23. The van der Waals surface area contributed by atoms with Crippen molar-refractivity contribution in [3.05, 3.63) is 0 Å². The van der Waals surface area contributed by atoms with Gasteiger partial charge in [-0.25, -0.2) is 8.42 Å². The molecular weight excluding hydrogens is 266 g/mol. The molecule has 1 aliphatic carbocycles. The molecule has 1 aliphatic heterocycles. The van der Waals surface area contributed by atoms with Gasteiger partial charge < -0.3 is 10.1 Å². The van der Waals surface area contributed by atoms with E-state index in [-0.39, 0.29) is 29.9 Å². The number of carbonyl (C=O) groups excluding carboxylic acids is 1. The Labute approximate surface area is 115 Å². The average molecular weight is 289 g/mol. The van der Waals surface area contributed by atoms with Crippen molar-refractivity contribution < 1.29 is 17.9 Å². The van der Waals surface area contributed by atoms with Crippen molar-refractivity contribution in [1.29, 1.82) is 0 Å². The molecule has 1 heterocycles. The van der Waals surface area contributed by atoms with Crippen LogP contribution in [0.25, 0.3) is 0 Å². The molecule has 19 heavy (non-hydrogen) atoms. The molecule has 110 valence electrons. The monoisotopic (exact) mass is 289 g/mol. The summed E-state index contributed by atoms with van der Waals surface area (Å²) in [4.78, 5) is 11.7. The van der Waals surface area contributed by atoms with Crippen LogP contribution in [0.3, 0.4) is 0 Å². The van der Waals surface area contributed by atoms with Gasteiger partial charge in [0, 0.05) is 12.6 Å². The number of rotatable bonds is 4. The topological polar surface area (TPSA) is 72.5 Å². The number of carbonyl (C=O) groups is 1. The smallest absolute Gasteiger partial charge is 0.307 e. The van der Waals surface area contributed by atoms with E-state index in [1.807, 2.05) is 0 Å². The second kappa shape index (κ2) is 6.70. The van der Waals surface area contributed by atoms with Gasteiger partial charge in [0.1, 0.15) is 0 Å². The fourth-order valence-corrected chi connectivity index (χ4v) is 4.27. The van der Waals surface area contributed by atoms with Crippen LogP contribution in [0.15, 0.2) is 0 Å². The molecular formula is C13H23NO4S. The summed E-state index contributed by atoms with van der Waals surface area (Å²) < 4.78 is 28.2. The first-order valence-electron chi connectivity index (χ1n) is 7.14. The second-order valence-corrected chi connectivity index (χ2v) is 7.89. The van der Waals surface area contributed by atoms with Crippen molar-refractivity contribution >= 4 is 15.8 Å². The predicted molar refractivity (Wildman–Crippen MR) is 72.6 cm³/mol. The van der Waals surface area contributed by atoms with Gasteiger partial charge in [0.05, 0.1) is 24.5 Å². The SMILES string of the molecule is O=C(CC1CS(=O)(=O)CCN1)OCC1CCCCC1. The molecule has 2 fully saturated rings. The first-order valence-corrected chi connectivity index (χ1v) is 8.97. The summed E-state index contributed by atoms with van der Waals surface area (Å²) in [5.41, 5.74) is 0. The van der Waals surface area contributed by atoms with Gasteiger partial charge in [-0.2, -0.15) is 0 Å². The first kappa shape index (κ1) is 14.8. The van der Waals surface area contributed by atoms with Gasteiger partial charge in [-0.15, -0.1) is 0 Å². The summed E-state index contributed by atoms with van der Waals surface area (Å²) in [6.45, 7) is 0.932. The van der Waals surface area contributed by atoms with Crippen molar-refractivity contribution in [3.63, 3.8) is 0 Å². The number of hydrogen-bond donors (Lipinski definition) is 1. The first-order chi connectivity index (χ1) is 9.05. The van der Waals surface area contributed by atoms with Crippen molar-refractivity contribution in [3.8, 4) is 0 Å². The lowest BCUT2D eigenvalue weighted by Gasteiger charge is -2.24. The van der Waals surface area contributed by atoms with Gasteiger partial charge in [-0.1, -0.05) is 19.3 Å². The molecule has 0 aromatic heterocycles. The Morgan fingerprint density at radius 3 is 2.63 bits per heavy atom. The van der Waals surface area contributed by atoms with Gasteiger partial charge >= 0.3 is 5.97 Å². The Balaban J connectivity index is 1.69. The van der Waals surface area contributed by atoms with Crippen molar-refractivity contribution in [1.82, 2.24) is 5.32 Å². The average Bonchev–Trinajstić information content (AvgIpc) is 2.36. The number of nitrogens with one attached hydrogen (secondary N) is 1. The van der Waals surface area contributed by atoms with Crippen LogP contribution in [0.2, 0.25) is 0 Å². The molecule has 0 radical (unpaired) electrons. The van der Waals surface area contributed by atoms with Gasteiger partial charge in [0.25, 0.3) is 0 Å². The van der Waals surface area contributed by atoms with Crippen LogP contribution in [0.5, 0.6) is 0 Å². The van der Waals surface area contributed by atoms with E-state index in [9.17, 15) is 13.2 Å². The van der Waals surface area contributed by atoms with Gasteiger partial charge in [-0.05, 0) is 18.8 Å². The maximum Gasteiger partial charge on any atom is 0.307 e. The summed E-state index contributed by atoms with van der Waals surface area (Å²) in [6.07, 6.45) is 6.18. The largest absolute Gasteiger partial charge is 0.465 e. The molecule has 5 nitrogen and oxygen atoms in total. The van der Waals surface area contributed by atoms with E-state index in [2.05, 4.69) is 5.32 Å². The van der Waals surface area contributed by atoms with E-state index >= 15 is 0 Å². The molecule has 2 aliphatic rings. The van der Waals surface area contributed by atoms with E-state index in [1.54, 1.807) is 0 Å². The number of hydrogen-bond acceptors (Lipinski definition) is 5. The quantitative estimate of drug-likeness (QED) is 0.778. The van der Waals surface area contributed by atoms with E-state index in [0.29, 0.717) is 19.1 Å². The van der Waals surface area contributed by atoms with Crippen LogP contribution in [0.4, 0.5) is 0 Å². The van der Waals surface area contributed by atoms with Crippen LogP contribution >= 0.6 is 0 Å². The molecule has 1 N–H and O–H groups in total. The van der Waals surface area contributed by atoms with Crippen LogP contribution in [-0.4, -0.2) is 45.1 Å². The molecule has 6 heteroatoms. The molecule has 1 unspecified atom stereocenters. The third kappa shape index (κ3) is 5.10. The minimum atomic E-state index is -2.98. The fourth-order valence-electron chi connectivity index (χ4n) is 2.82. The van der Waals surface area contributed by atoms with Crippen LogP contribution in [0, 0.1) is 5.92 Å². The standard InChI is InChI=1S/C13H23NO4S/c15-13(18-9-11-4-2-1-3-5-11)8-12-10-19(16,17)7-6-14-12/h11-12,14H,1-10H2. The Kier molecular flexibility index (Phi) is 5.21. The summed E-state index contributed by atoms with van der Waals surface area (Å²) in [5.74, 6) is 0.438. The zero-order chi connectivity index (χ0) is 13.7. The van der Waals surface area contributed by atoms with Gasteiger partial charge in [0.2, 0.25) is 0 Å². The minimum absolute atomic E-state index is 0.0472. The Hall–Kier alpha value is -0.620. The van der Waals surface area contributed by atoms with Gasteiger partial charge in [-0.3, -0.25) is 4.79 Å². The summed E-state index contributed by atoms with van der Waals surface area (Å²) in [6, 6.07) is -0.280. The maximum atomic E-state index is 11.7. The lowest BCUT2D eigenvalue weighted by Crippen LogP contribution is -2.46. The lowest BCUT2D eigenvalue weighted by atomic mass is 9.90. The van der Waals surface area contributed by atoms with Gasteiger partial charge in [0.15, 0.2) is 9.84 Å². The molecule has 1 atom stereocenters. The van der Waals surface area contributed by atoms with Crippen molar-refractivity contribution in [2.45, 2.75) is 44.6 Å².